The van der Waals surface area contributed by atoms with E-state index in [0.29, 0.717) is 17.2 Å². The van der Waals surface area contributed by atoms with Gasteiger partial charge in [-0.15, -0.1) is 0 Å². The monoisotopic (exact) mass is 330 g/mol. The summed E-state index contributed by atoms with van der Waals surface area (Å²) in [5.74, 6) is 0.363. The highest BCUT2D eigenvalue weighted by molar-refractivity contribution is 6.30. The Kier molecular flexibility index (Phi) is 4.07. The Bertz CT molecular complexity index is 729. The first kappa shape index (κ1) is 15.9. The molecule has 0 spiro atoms. The van der Waals surface area contributed by atoms with Crippen LogP contribution in [0.15, 0.2) is 42.5 Å². The summed E-state index contributed by atoms with van der Waals surface area (Å²) in [5, 5.41) is 0.602. The fourth-order valence-corrected chi connectivity index (χ4v) is 2.74. The smallest absolute Gasteiger partial charge is 0.338 e. The summed E-state index contributed by atoms with van der Waals surface area (Å²) in [5.41, 5.74) is 2.58. The van der Waals surface area contributed by atoms with Crippen molar-refractivity contribution in [1.82, 2.24) is 0 Å². The lowest BCUT2D eigenvalue weighted by molar-refractivity contribution is 0.0248. The molecule has 1 atom stereocenters. The molecule has 0 radical (unpaired) electrons. The van der Waals surface area contributed by atoms with E-state index in [1.807, 2.05) is 12.1 Å². The number of hydrogen-bond acceptors (Lipinski definition) is 3. The molecule has 23 heavy (non-hydrogen) atoms. The topological polar surface area (TPSA) is 35.5 Å². The zero-order valence-electron chi connectivity index (χ0n) is 13.4. The highest BCUT2D eigenvalue weighted by Crippen LogP contribution is 2.36. The number of halogens is 1. The van der Waals surface area contributed by atoms with E-state index in [4.69, 9.17) is 21.1 Å². The highest BCUT2D eigenvalue weighted by Gasteiger charge is 2.28. The lowest BCUT2D eigenvalue weighted by Crippen LogP contribution is -2.14. The Balaban J connectivity index is 1.75. The van der Waals surface area contributed by atoms with Crippen molar-refractivity contribution < 1.29 is 14.3 Å². The standard InChI is InChI=1S/C19H19ClO3/c1-19(2,3)13-6-4-12(5-7-13)18(21)23-17-11-22-16-9-8-14(20)10-15(16)17/h4-10,17H,11H2,1-3H3. The van der Waals surface area contributed by atoms with E-state index < -0.39 is 6.10 Å². The third-order valence-corrected chi connectivity index (χ3v) is 4.18. The van der Waals surface area contributed by atoms with Crippen LogP contribution in [0.5, 0.6) is 5.75 Å². The summed E-state index contributed by atoms with van der Waals surface area (Å²) in [6.07, 6.45) is -0.418. The number of hydrogen-bond donors (Lipinski definition) is 0. The molecule has 0 N–H and O–H groups in total. The van der Waals surface area contributed by atoms with E-state index in [1.165, 1.54) is 5.56 Å². The Hall–Kier alpha value is -2.00. The van der Waals surface area contributed by atoms with Gasteiger partial charge in [0.25, 0.3) is 0 Å². The Morgan fingerprint density at radius 2 is 1.87 bits per heavy atom. The summed E-state index contributed by atoms with van der Waals surface area (Å²) in [7, 11) is 0. The van der Waals surface area contributed by atoms with Crippen LogP contribution in [0.3, 0.4) is 0 Å². The normalized spacial score (nSPS) is 16.6. The molecule has 2 aromatic carbocycles. The first-order valence-corrected chi connectivity index (χ1v) is 7.96. The maximum atomic E-state index is 12.3. The Labute approximate surface area is 141 Å². The van der Waals surface area contributed by atoms with E-state index >= 15 is 0 Å². The summed E-state index contributed by atoms with van der Waals surface area (Å²) >= 11 is 6.01. The number of esters is 1. The van der Waals surface area contributed by atoms with Crippen LogP contribution in [0, 0.1) is 0 Å². The van der Waals surface area contributed by atoms with Gasteiger partial charge in [-0.3, -0.25) is 0 Å². The second-order valence-corrected chi connectivity index (χ2v) is 7.15. The van der Waals surface area contributed by atoms with Crippen molar-refractivity contribution in [2.24, 2.45) is 0 Å². The minimum atomic E-state index is -0.418. The molecule has 1 unspecified atom stereocenters. The van der Waals surface area contributed by atoms with Crippen molar-refractivity contribution in [2.75, 3.05) is 6.61 Å². The summed E-state index contributed by atoms with van der Waals surface area (Å²) in [6, 6.07) is 12.9. The number of fused-ring (bicyclic) bond motifs is 1. The molecule has 2 aromatic rings. The van der Waals surface area contributed by atoms with Crippen molar-refractivity contribution in [2.45, 2.75) is 32.3 Å². The van der Waals surface area contributed by atoms with Gasteiger partial charge in [-0.05, 0) is 41.3 Å². The maximum Gasteiger partial charge on any atom is 0.338 e. The number of carbonyl (C=O) groups is 1. The molecular formula is C19H19ClO3. The summed E-state index contributed by atoms with van der Waals surface area (Å²) < 4.78 is 11.1. The predicted octanol–water partition coefficient (Wildman–Crippen LogP) is 4.93. The molecule has 0 bridgehead atoms. The van der Waals surface area contributed by atoms with Gasteiger partial charge in [0.15, 0.2) is 6.10 Å². The van der Waals surface area contributed by atoms with E-state index in [-0.39, 0.29) is 11.4 Å². The molecule has 0 amide bonds. The number of ether oxygens (including phenoxy) is 2. The lowest BCUT2D eigenvalue weighted by atomic mass is 9.87. The number of benzene rings is 2. The largest absolute Gasteiger partial charge is 0.489 e. The van der Waals surface area contributed by atoms with E-state index in [2.05, 4.69) is 20.8 Å². The SMILES string of the molecule is CC(C)(C)c1ccc(C(=O)OC2COc3ccc(Cl)cc32)cc1. The molecule has 0 saturated carbocycles. The summed E-state index contributed by atoms with van der Waals surface area (Å²) in [6.45, 7) is 6.73. The second-order valence-electron chi connectivity index (χ2n) is 6.71. The van der Waals surface area contributed by atoms with Crippen molar-refractivity contribution in [3.8, 4) is 5.75 Å². The van der Waals surface area contributed by atoms with Crippen LogP contribution in [0.25, 0.3) is 0 Å². The van der Waals surface area contributed by atoms with Crippen LogP contribution in [0.4, 0.5) is 0 Å². The fraction of sp³-hybridized carbons (Fsp3) is 0.316. The van der Waals surface area contributed by atoms with Crippen LogP contribution < -0.4 is 4.74 Å². The molecule has 0 aromatic heterocycles. The lowest BCUT2D eigenvalue weighted by Gasteiger charge is -2.19. The Morgan fingerprint density at radius 3 is 2.52 bits per heavy atom. The van der Waals surface area contributed by atoms with Crippen molar-refractivity contribution >= 4 is 17.6 Å². The minimum Gasteiger partial charge on any atom is -0.489 e. The average molecular weight is 331 g/mol. The van der Waals surface area contributed by atoms with Gasteiger partial charge < -0.3 is 9.47 Å². The molecule has 0 saturated heterocycles. The zero-order valence-corrected chi connectivity index (χ0v) is 14.2. The molecule has 0 aliphatic carbocycles. The molecule has 1 aliphatic heterocycles. The zero-order chi connectivity index (χ0) is 16.6. The van der Waals surface area contributed by atoms with Gasteiger partial charge in [0, 0.05) is 10.6 Å². The quantitative estimate of drug-likeness (QED) is 0.732. The van der Waals surface area contributed by atoms with Crippen LogP contribution in [-0.2, 0) is 10.2 Å². The van der Waals surface area contributed by atoms with Gasteiger partial charge in [-0.2, -0.15) is 0 Å². The third kappa shape index (κ3) is 3.35. The van der Waals surface area contributed by atoms with E-state index in [9.17, 15) is 4.79 Å². The highest BCUT2D eigenvalue weighted by atomic mass is 35.5. The van der Waals surface area contributed by atoms with Gasteiger partial charge in [0.05, 0.1) is 5.56 Å². The minimum absolute atomic E-state index is 0.0530. The van der Waals surface area contributed by atoms with Crippen LogP contribution in [0.2, 0.25) is 5.02 Å². The van der Waals surface area contributed by atoms with Gasteiger partial charge >= 0.3 is 5.97 Å². The molecule has 120 valence electrons. The molecule has 4 heteroatoms. The van der Waals surface area contributed by atoms with Crippen LogP contribution >= 0.6 is 11.6 Å². The van der Waals surface area contributed by atoms with Gasteiger partial charge in [0.2, 0.25) is 0 Å². The second kappa shape index (κ2) is 5.89. The van der Waals surface area contributed by atoms with Gasteiger partial charge in [-0.1, -0.05) is 44.5 Å². The van der Waals surface area contributed by atoms with Gasteiger partial charge in [0.1, 0.15) is 12.4 Å². The molecular weight excluding hydrogens is 312 g/mol. The Morgan fingerprint density at radius 1 is 1.17 bits per heavy atom. The molecule has 1 heterocycles. The number of carbonyl (C=O) groups excluding carboxylic acids is 1. The molecule has 3 nitrogen and oxygen atoms in total. The van der Waals surface area contributed by atoms with Crippen LogP contribution in [-0.4, -0.2) is 12.6 Å². The first-order chi connectivity index (χ1) is 10.8. The first-order valence-electron chi connectivity index (χ1n) is 7.58. The molecule has 0 fully saturated rings. The van der Waals surface area contributed by atoms with Crippen LogP contribution in [0.1, 0.15) is 48.4 Å². The number of rotatable bonds is 2. The van der Waals surface area contributed by atoms with E-state index in [1.54, 1.807) is 30.3 Å². The maximum absolute atomic E-state index is 12.3. The van der Waals surface area contributed by atoms with Crippen molar-refractivity contribution in [1.29, 1.82) is 0 Å². The molecule has 1 aliphatic rings. The summed E-state index contributed by atoms with van der Waals surface area (Å²) in [4.78, 5) is 12.3. The molecule has 3 rings (SSSR count). The van der Waals surface area contributed by atoms with Crippen molar-refractivity contribution in [3.63, 3.8) is 0 Å². The van der Waals surface area contributed by atoms with Gasteiger partial charge in [-0.25, -0.2) is 4.79 Å². The fourth-order valence-electron chi connectivity index (χ4n) is 2.56. The average Bonchev–Trinajstić information content (AvgIpc) is 2.89. The third-order valence-electron chi connectivity index (χ3n) is 3.94. The predicted molar refractivity (Wildman–Crippen MR) is 90.2 cm³/mol. The van der Waals surface area contributed by atoms with Crippen molar-refractivity contribution in [3.05, 3.63) is 64.2 Å². The van der Waals surface area contributed by atoms with E-state index in [0.717, 1.165) is 11.3 Å².